The fraction of sp³-hybridized carbons (Fsp3) is 0.818. The molecule has 0 aliphatic heterocycles. The van der Waals surface area contributed by atoms with Gasteiger partial charge in [0, 0.05) is 12.5 Å². The molecule has 0 spiro atoms. The highest BCUT2D eigenvalue weighted by Gasteiger charge is 2.15. The molecule has 1 N–H and O–H groups in total. The molecule has 14 heavy (non-hydrogen) atoms. The maximum Gasteiger partial charge on any atom is 0.0756 e. The van der Waals surface area contributed by atoms with Gasteiger partial charge in [-0.1, -0.05) is 24.9 Å². The Balaban J connectivity index is 3.75. The lowest BCUT2D eigenvalue weighted by atomic mass is 9.80. The molecule has 0 aliphatic carbocycles. The topological polar surface area (TPSA) is 29.5 Å². The van der Waals surface area contributed by atoms with Crippen molar-refractivity contribution >= 4 is 7.85 Å². The first-order valence-electron chi connectivity index (χ1n) is 5.26. The second-order valence-electron chi connectivity index (χ2n) is 3.63. The Labute approximate surface area is 88.8 Å². The quantitative estimate of drug-likeness (QED) is 0.498. The minimum absolute atomic E-state index is 0.0564. The first-order chi connectivity index (χ1) is 6.61. The second kappa shape index (κ2) is 8.07. The fourth-order valence-corrected chi connectivity index (χ4v) is 1.25. The van der Waals surface area contributed by atoms with Crippen LogP contribution in [0.1, 0.15) is 27.2 Å². The Kier molecular flexibility index (Phi) is 7.91. The molecule has 3 atom stereocenters. The molecule has 0 fully saturated rings. The van der Waals surface area contributed by atoms with Crippen LogP contribution in [0, 0.1) is 5.92 Å². The highest BCUT2D eigenvalue weighted by Crippen LogP contribution is 2.16. The van der Waals surface area contributed by atoms with E-state index in [-0.39, 0.29) is 17.8 Å². The van der Waals surface area contributed by atoms with Crippen molar-refractivity contribution in [1.82, 2.24) is 0 Å². The molecule has 0 heterocycles. The summed E-state index contributed by atoms with van der Waals surface area (Å²) in [5.41, 5.74) is 0. The second-order valence-corrected chi connectivity index (χ2v) is 3.63. The molecule has 0 saturated heterocycles. The number of hydrogen-bond acceptors (Lipinski definition) is 2. The molecular weight excluding hydrogens is 175 g/mol. The number of aliphatic hydroxyl groups is 1. The molecule has 0 rings (SSSR count). The normalized spacial score (nSPS) is 18.3. The van der Waals surface area contributed by atoms with Crippen LogP contribution in [0.5, 0.6) is 0 Å². The smallest absolute Gasteiger partial charge is 0.0756 e. The van der Waals surface area contributed by atoms with Crippen LogP contribution in [0.25, 0.3) is 0 Å². The third-order valence-corrected chi connectivity index (χ3v) is 2.20. The van der Waals surface area contributed by atoms with Crippen molar-refractivity contribution in [2.24, 2.45) is 5.92 Å². The lowest BCUT2D eigenvalue weighted by molar-refractivity contribution is 0.0371. The molecule has 0 amide bonds. The zero-order chi connectivity index (χ0) is 11.0. The summed E-state index contributed by atoms with van der Waals surface area (Å²) in [5, 5.41) is 9.75. The van der Waals surface area contributed by atoms with Crippen LogP contribution in [-0.4, -0.2) is 32.3 Å². The molecule has 2 radical (unpaired) electrons. The van der Waals surface area contributed by atoms with Crippen LogP contribution < -0.4 is 0 Å². The van der Waals surface area contributed by atoms with E-state index in [1.165, 1.54) is 0 Å². The van der Waals surface area contributed by atoms with Crippen LogP contribution in [0.15, 0.2) is 12.2 Å². The van der Waals surface area contributed by atoms with Gasteiger partial charge in [-0.2, -0.15) is 0 Å². The highest BCUT2D eigenvalue weighted by molar-refractivity contribution is 6.12. The highest BCUT2D eigenvalue weighted by atomic mass is 16.5. The molecule has 0 saturated carbocycles. The van der Waals surface area contributed by atoms with E-state index < -0.39 is 0 Å². The minimum Gasteiger partial charge on any atom is -0.393 e. The van der Waals surface area contributed by atoms with Gasteiger partial charge in [-0.15, -0.1) is 0 Å². The third kappa shape index (κ3) is 6.22. The first kappa shape index (κ1) is 13.7. The molecule has 3 heteroatoms. The summed E-state index contributed by atoms with van der Waals surface area (Å²) in [5.74, 6) is 0.0883. The monoisotopic (exact) mass is 196 g/mol. The Hall–Kier alpha value is -0.275. The van der Waals surface area contributed by atoms with Crippen molar-refractivity contribution in [2.45, 2.75) is 39.1 Å². The van der Waals surface area contributed by atoms with Crippen LogP contribution >= 0.6 is 0 Å². The first-order valence-corrected chi connectivity index (χ1v) is 5.26. The van der Waals surface area contributed by atoms with Gasteiger partial charge in [-0.3, -0.25) is 0 Å². The van der Waals surface area contributed by atoms with Gasteiger partial charge in [0.05, 0.1) is 20.6 Å². The molecule has 0 aromatic heterocycles. The Morgan fingerprint density at radius 2 is 2.14 bits per heavy atom. The maximum atomic E-state index is 9.75. The van der Waals surface area contributed by atoms with Crippen molar-refractivity contribution in [1.29, 1.82) is 0 Å². The summed E-state index contributed by atoms with van der Waals surface area (Å²) < 4.78 is 5.24. The van der Waals surface area contributed by atoms with Gasteiger partial charge in [-0.05, 0) is 20.3 Å². The van der Waals surface area contributed by atoms with Crippen molar-refractivity contribution in [3.8, 4) is 0 Å². The SMILES string of the molecule is [B][C@@H](/C=C\C)CC(O)C(C)COCC. The molecular formula is C11H21BO2. The predicted octanol–water partition coefficient (Wildman–Crippen LogP) is 1.94. The zero-order valence-electron chi connectivity index (χ0n) is 9.44. The van der Waals surface area contributed by atoms with Gasteiger partial charge < -0.3 is 9.84 Å². The minimum atomic E-state index is -0.382. The number of ether oxygens (including phenoxy) is 1. The van der Waals surface area contributed by atoms with E-state index in [2.05, 4.69) is 0 Å². The van der Waals surface area contributed by atoms with E-state index in [1.54, 1.807) is 0 Å². The Morgan fingerprint density at radius 3 is 2.64 bits per heavy atom. The largest absolute Gasteiger partial charge is 0.393 e. The molecule has 2 nitrogen and oxygen atoms in total. The van der Waals surface area contributed by atoms with Crippen LogP contribution in [0.2, 0.25) is 5.82 Å². The van der Waals surface area contributed by atoms with Gasteiger partial charge in [0.15, 0.2) is 0 Å². The van der Waals surface area contributed by atoms with Crippen LogP contribution in [0.4, 0.5) is 0 Å². The Bertz CT molecular complexity index is 159. The lowest BCUT2D eigenvalue weighted by Gasteiger charge is -2.20. The molecule has 0 bridgehead atoms. The Morgan fingerprint density at radius 1 is 1.50 bits per heavy atom. The lowest BCUT2D eigenvalue weighted by Crippen LogP contribution is -2.23. The molecule has 0 aliphatic rings. The number of rotatable bonds is 7. The molecule has 0 aromatic carbocycles. The van der Waals surface area contributed by atoms with E-state index in [1.807, 2.05) is 32.9 Å². The van der Waals surface area contributed by atoms with E-state index in [9.17, 15) is 5.11 Å². The van der Waals surface area contributed by atoms with Crippen molar-refractivity contribution < 1.29 is 9.84 Å². The molecule has 0 aromatic rings. The van der Waals surface area contributed by atoms with Gasteiger partial charge in [-0.25, -0.2) is 0 Å². The third-order valence-electron chi connectivity index (χ3n) is 2.20. The van der Waals surface area contributed by atoms with Gasteiger partial charge >= 0.3 is 0 Å². The van der Waals surface area contributed by atoms with E-state index in [0.29, 0.717) is 19.6 Å². The van der Waals surface area contributed by atoms with Gasteiger partial charge in [0.1, 0.15) is 0 Å². The van der Waals surface area contributed by atoms with E-state index in [0.717, 1.165) is 0 Å². The van der Waals surface area contributed by atoms with Crippen molar-refractivity contribution in [2.75, 3.05) is 13.2 Å². The van der Waals surface area contributed by atoms with Crippen molar-refractivity contribution in [3.63, 3.8) is 0 Å². The summed E-state index contributed by atoms with van der Waals surface area (Å²) in [7, 11) is 5.76. The van der Waals surface area contributed by atoms with E-state index in [4.69, 9.17) is 12.6 Å². The van der Waals surface area contributed by atoms with Crippen LogP contribution in [-0.2, 0) is 4.74 Å². The zero-order valence-corrected chi connectivity index (χ0v) is 9.44. The average molecular weight is 196 g/mol. The van der Waals surface area contributed by atoms with Crippen LogP contribution in [0.3, 0.4) is 0 Å². The van der Waals surface area contributed by atoms with Gasteiger partial charge in [0.2, 0.25) is 0 Å². The summed E-state index contributed by atoms with van der Waals surface area (Å²) in [6.45, 7) is 7.14. The maximum absolute atomic E-state index is 9.75. The summed E-state index contributed by atoms with van der Waals surface area (Å²) >= 11 is 0. The fourth-order valence-electron chi connectivity index (χ4n) is 1.25. The standard InChI is InChI=1S/C11H21BO2/c1-4-6-10(12)7-11(13)9(3)8-14-5-2/h4,6,9-11,13H,5,7-8H2,1-3H3/b6-4-/t9?,10-,11?/m0/s1. The summed E-state index contributed by atoms with van der Waals surface area (Å²) in [6.07, 6.45) is 4.02. The average Bonchev–Trinajstić information content (AvgIpc) is 2.14. The van der Waals surface area contributed by atoms with Gasteiger partial charge in [0.25, 0.3) is 0 Å². The summed E-state index contributed by atoms with van der Waals surface area (Å²) in [6, 6.07) is 0. The number of allylic oxidation sites excluding steroid dienone is 2. The van der Waals surface area contributed by atoms with E-state index >= 15 is 0 Å². The predicted molar refractivity (Wildman–Crippen MR) is 60.6 cm³/mol. The van der Waals surface area contributed by atoms with Crippen molar-refractivity contribution in [3.05, 3.63) is 12.2 Å². The number of hydrogen-bond donors (Lipinski definition) is 1. The molecule has 2 unspecified atom stereocenters. The number of aliphatic hydroxyl groups excluding tert-OH is 1. The summed E-state index contributed by atoms with van der Waals surface area (Å²) in [4.78, 5) is 0. The molecule has 80 valence electrons.